The van der Waals surface area contributed by atoms with Gasteiger partial charge in [0.15, 0.2) is 11.8 Å². The first-order chi connectivity index (χ1) is 13.8. The molecule has 1 amide bonds. The Bertz CT molecular complexity index is 846. The minimum Gasteiger partial charge on any atom is -0.319 e. The molecule has 7 atom stereocenters. The molecule has 156 valence electrons. The number of carbonyl (C=O) groups is 1. The van der Waals surface area contributed by atoms with Crippen LogP contribution < -0.4 is 0 Å². The van der Waals surface area contributed by atoms with E-state index in [1.807, 2.05) is 13.8 Å². The molecule has 5 aliphatic rings. The van der Waals surface area contributed by atoms with E-state index >= 15 is 0 Å². The van der Waals surface area contributed by atoms with Gasteiger partial charge in [-0.25, -0.2) is 19.2 Å². The van der Waals surface area contributed by atoms with Crippen LogP contribution in [0.3, 0.4) is 0 Å². The van der Waals surface area contributed by atoms with Gasteiger partial charge in [0.05, 0.1) is 6.21 Å². The van der Waals surface area contributed by atoms with Gasteiger partial charge in [-0.2, -0.15) is 5.10 Å². The standard InChI is InChI=1S/C22H27FN2O4/c1-13-4-9-18-14(2)19(26)25(24-12-15-5-7-16(23)8-6-15)20-22(18)17(13)10-11-21(3,27-20)28-29-22/h5-8,12-14,17-18,20H,4,9-11H2,1-3H3/b24-12+/t13-,14-,17+,18+,20-,21?,22-/m1/s1. The van der Waals surface area contributed by atoms with Crippen LogP contribution in [0.2, 0.25) is 0 Å². The molecular formula is C22H27FN2O4. The first-order valence-corrected chi connectivity index (χ1v) is 10.5. The Balaban J connectivity index is 1.58. The van der Waals surface area contributed by atoms with Crippen molar-refractivity contribution >= 4 is 12.1 Å². The third kappa shape index (κ3) is 2.78. The monoisotopic (exact) mass is 402 g/mol. The zero-order chi connectivity index (χ0) is 20.4. The summed E-state index contributed by atoms with van der Waals surface area (Å²) in [4.78, 5) is 25.3. The van der Waals surface area contributed by atoms with Crippen molar-refractivity contribution in [2.24, 2.45) is 28.8 Å². The molecule has 7 heteroatoms. The molecule has 4 heterocycles. The number of fused-ring (bicyclic) bond motifs is 2. The second-order valence-corrected chi connectivity index (χ2v) is 9.20. The van der Waals surface area contributed by atoms with Gasteiger partial charge in [-0.1, -0.05) is 26.0 Å². The van der Waals surface area contributed by atoms with Crippen LogP contribution in [0.5, 0.6) is 0 Å². The summed E-state index contributed by atoms with van der Waals surface area (Å²) >= 11 is 0. The molecule has 6 nitrogen and oxygen atoms in total. The van der Waals surface area contributed by atoms with Gasteiger partial charge in [-0.05, 0) is 55.7 Å². The fourth-order valence-electron chi connectivity index (χ4n) is 5.83. The number of amides is 1. The van der Waals surface area contributed by atoms with E-state index in [0.717, 1.165) is 19.3 Å². The summed E-state index contributed by atoms with van der Waals surface area (Å²) in [6, 6.07) is 6.00. The quantitative estimate of drug-likeness (QED) is 0.557. The van der Waals surface area contributed by atoms with Gasteiger partial charge in [0.1, 0.15) is 5.82 Å². The van der Waals surface area contributed by atoms with Crippen molar-refractivity contribution in [1.29, 1.82) is 0 Å². The minimum atomic E-state index is -0.901. The van der Waals surface area contributed by atoms with Crippen molar-refractivity contribution in [3.8, 4) is 0 Å². The number of benzene rings is 1. The summed E-state index contributed by atoms with van der Waals surface area (Å²) in [5.41, 5.74) is -0.0107. The fraction of sp³-hybridized carbons (Fsp3) is 0.636. The zero-order valence-electron chi connectivity index (χ0n) is 17.0. The molecule has 2 bridgehead atoms. The number of hydrazone groups is 1. The maximum atomic E-state index is 13.3. The van der Waals surface area contributed by atoms with Crippen LogP contribution >= 0.6 is 0 Å². The highest BCUT2D eigenvalue weighted by Gasteiger charge is 2.70. The van der Waals surface area contributed by atoms with Crippen LogP contribution in [0.1, 0.15) is 52.0 Å². The molecule has 5 fully saturated rings. The number of hydrogen-bond acceptors (Lipinski definition) is 5. The molecule has 0 N–H and O–H groups in total. The summed E-state index contributed by atoms with van der Waals surface area (Å²) in [5, 5.41) is 5.96. The number of carbonyl (C=O) groups excluding carboxylic acids is 1. The molecular weight excluding hydrogens is 375 g/mol. The lowest BCUT2D eigenvalue weighted by Gasteiger charge is -2.60. The predicted octanol–water partition coefficient (Wildman–Crippen LogP) is 3.85. The molecule has 1 aliphatic carbocycles. The predicted molar refractivity (Wildman–Crippen MR) is 103 cm³/mol. The molecule has 1 saturated carbocycles. The van der Waals surface area contributed by atoms with Crippen LogP contribution in [0.25, 0.3) is 0 Å². The van der Waals surface area contributed by atoms with Crippen molar-refractivity contribution < 1.29 is 23.7 Å². The largest absolute Gasteiger partial charge is 0.319 e. The summed E-state index contributed by atoms with van der Waals surface area (Å²) in [6.45, 7) is 6.07. The molecule has 1 aromatic rings. The van der Waals surface area contributed by atoms with Gasteiger partial charge in [0, 0.05) is 18.3 Å². The zero-order valence-corrected chi connectivity index (χ0v) is 17.0. The Morgan fingerprint density at radius 3 is 2.66 bits per heavy atom. The molecule has 4 aliphatic heterocycles. The number of hydrogen-bond donors (Lipinski definition) is 0. The van der Waals surface area contributed by atoms with Gasteiger partial charge in [0.2, 0.25) is 11.7 Å². The number of halogens is 1. The van der Waals surface area contributed by atoms with E-state index in [9.17, 15) is 9.18 Å². The molecule has 4 saturated heterocycles. The van der Waals surface area contributed by atoms with Crippen LogP contribution in [-0.4, -0.2) is 34.7 Å². The third-order valence-corrected chi connectivity index (χ3v) is 7.44. The first kappa shape index (κ1) is 19.2. The van der Waals surface area contributed by atoms with E-state index in [0.29, 0.717) is 17.9 Å². The summed E-state index contributed by atoms with van der Waals surface area (Å²) < 4.78 is 19.6. The minimum absolute atomic E-state index is 0.0288. The van der Waals surface area contributed by atoms with Gasteiger partial charge in [-0.15, -0.1) is 0 Å². The fourth-order valence-corrected chi connectivity index (χ4v) is 5.83. The van der Waals surface area contributed by atoms with Gasteiger partial charge in [0.25, 0.3) is 0 Å². The van der Waals surface area contributed by atoms with Gasteiger partial charge in [-0.3, -0.25) is 4.79 Å². The number of piperidine rings is 1. The second kappa shape index (κ2) is 6.59. The lowest BCUT2D eigenvalue weighted by molar-refractivity contribution is -0.547. The second-order valence-electron chi connectivity index (χ2n) is 9.20. The van der Waals surface area contributed by atoms with E-state index < -0.39 is 17.6 Å². The van der Waals surface area contributed by atoms with Crippen molar-refractivity contribution in [3.63, 3.8) is 0 Å². The molecule has 6 rings (SSSR count). The highest BCUT2D eigenvalue weighted by molar-refractivity contribution is 5.84. The van der Waals surface area contributed by atoms with Crippen molar-refractivity contribution in [2.45, 2.75) is 64.1 Å². The average molecular weight is 402 g/mol. The van der Waals surface area contributed by atoms with E-state index in [4.69, 9.17) is 14.5 Å². The molecule has 29 heavy (non-hydrogen) atoms. The maximum absolute atomic E-state index is 13.3. The highest BCUT2D eigenvalue weighted by Crippen LogP contribution is 2.60. The maximum Gasteiger partial charge on any atom is 0.248 e. The number of nitrogens with zero attached hydrogens (tertiary/aromatic N) is 2. The number of ether oxygens (including phenoxy) is 1. The first-order valence-electron chi connectivity index (χ1n) is 10.5. The summed E-state index contributed by atoms with van der Waals surface area (Å²) in [7, 11) is 0. The highest BCUT2D eigenvalue weighted by atomic mass is 19.1. The smallest absolute Gasteiger partial charge is 0.248 e. The van der Waals surface area contributed by atoms with Crippen LogP contribution in [0.15, 0.2) is 29.4 Å². The Morgan fingerprint density at radius 2 is 1.90 bits per heavy atom. The normalized spacial score (nSPS) is 44.1. The molecule has 1 aromatic carbocycles. The van der Waals surface area contributed by atoms with E-state index in [2.05, 4.69) is 12.0 Å². The van der Waals surface area contributed by atoms with E-state index in [1.54, 1.807) is 18.3 Å². The Hall–Kier alpha value is -1.83. The molecule has 1 unspecified atom stereocenters. The number of rotatable bonds is 2. The Labute approximate surface area is 169 Å². The summed E-state index contributed by atoms with van der Waals surface area (Å²) in [6.07, 6.45) is 4.56. The lowest BCUT2D eigenvalue weighted by atomic mass is 9.57. The molecule has 0 aromatic heterocycles. The Morgan fingerprint density at radius 1 is 1.14 bits per heavy atom. The van der Waals surface area contributed by atoms with Crippen molar-refractivity contribution in [3.05, 3.63) is 35.6 Å². The third-order valence-electron chi connectivity index (χ3n) is 7.44. The van der Waals surface area contributed by atoms with Crippen LogP contribution in [0.4, 0.5) is 4.39 Å². The average Bonchev–Trinajstić information content (AvgIpc) is 2.94. The van der Waals surface area contributed by atoms with Crippen molar-refractivity contribution in [2.75, 3.05) is 0 Å². The lowest BCUT2D eigenvalue weighted by Crippen LogP contribution is -2.74. The summed E-state index contributed by atoms with van der Waals surface area (Å²) in [5.74, 6) is -0.825. The molecule has 1 spiro atoms. The van der Waals surface area contributed by atoms with E-state index in [1.165, 1.54) is 17.1 Å². The van der Waals surface area contributed by atoms with Crippen LogP contribution in [-0.2, 0) is 19.3 Å². The molecule has 0 radical (unpaired) electrons. The van der Waals surface area contributed by atoms with Crippen LogP contribution in [0, 0.1) is 29.5 Å². The Kier molecular flexibility index (Phi) is 4.35. The van der Waals surface area contributed by atoms with Crippen molar-refractivity contribution in [1.82, 2.24) is 5.01 Å². The van der Waals surface area contributed by atoms with E-state index in [-0.39, 0.29) is 29.5 Å². The SMILES string of the molecule is C[C@@H]1CC[C@H]2[C@@H](C)C(=O)N(/N=C/c3ccc(F)cc3)[C@@H]3OC4(C)CC[C@@H]1[C@@]23OO4. The van der Waals surface area contributed by atoms with Gasteiger partial charge < -0.3 is 4.74 Å². The van der Waals surface area contributed by atoms with Gasteiger partial charge >= 0.3 is 0 Å². The topological polar surface area (TPSA) is 60.4 Å².